The van der Waals surface area contributed by atoms with Crippen LogP contribution in [0.2, 0.25) is 0 Å². The van der Waals surface area contributed by atoms with Gasteiger partial charge in [0, 0.05) is 12.5 Å². The Balaban J connectivity index is 2.24. The second-order valence-electron chi connectivity index (χ2n) is 4.39. The van der Waals surface area contributed by atoms with Crippen molar-refractivity contribution in [2.75, 3.05) is 7.11 Å². The van der Waals surface area contributed by atoms with Crippen molar-refractivity contribution in [3.05, 3.63) is 16.1 Å². The highest BCUT2D eigenvalue weighted by atomic mass is 35.5. The van der Waals surface area contributed by atoms with Gasteiger partial charge < -0.3 is 4.74 Å². The predicted molar refractivity (Wildman–Crippen MR) is 68.1 cm³/mol. The van der Waals surface area contributed by atoms with E-state index in [2.05, 4.69) is 4.98 Å². The number of methoxy groups -OCH3 is 1. The number of ether oxygens (including phenoxy) is 1. The second-order valence-corrected chi connectivity index (χ2v) is 5.52. The van der Waals surface area contributed by atoms with Crippen LogP contribution in [0.15, 0.2) is 5.38 Å². The number of hydrogen-bond donors (Lipinski definition) is 0. The van der Waals surface area contributed by atoms with Crippen LogP contribution in [-0.2, 0) is 16.2 Å². The van der Waals surface area contributed by atoms with Crippen molar-refractivity contribution in [1.82, 2.24) is 4.98 Å². The molecule has 0 saturated heterocycles. The van der Waals surface area contributed by atoms with Gasteiger partial charge in [-0.25, -0.2) is 4.98 Å². The summed E-state index contributed by atoms with van der Waals surface area (Å²) in [6.45, 7) is 0. The number of halogens is 1. The Hall–Kier alpha value is -0.120. The van der Waals surface area contributed by atoms with Crippen LogP contribution in [0.4, 0.5) is 0 Å². The van der Waals surface area contributed by atoms with Gasteiger partial charge in [-0.05, 0) is 12.8 Å². The molecule has 2 nitrogen and oxygen atoms in total. The normalized spacial score (nSPS) is 20.6. The maximum atomic E-state index is 5.81. The number of nitrogens with zero attached hydrogens (tertiary/aromatic N) is 1. The fraction of sp³-hybridized carbons (Fsp3) is 0.750. The highest BCUT2D eigenvalue weighted by molar-refractivity contribution is 7.09. The van der Waals surface area contributed by atoms with Crippen LogP contribution in [0.1, 0.15) is 49.2 Å². The molecule has 0 atom stereocenters. The zero-order valence-corrected chi connectivity index (χ0v) is 11.2. The van der Waals surface area contributed by atoms with Gasteiger partial charge in [0.2, 0.25) is 0 Å². The van der Waals surface area contributed by atoms with Crippen molar-refractivity contribution < 1.29 is 4.74 Å². The van der Waals surface area contributed by atoms with Crippen molar-refractivity contribution in [2.45, 2.75) is 50.0 Å². The Morgan fingerprint density at radius 1 is 1.38 bits per heavy atom. The van der Waals surface area contributed by atoms with Crippen molar-refractivity contribution in [3.8, 4) is 0 Å². The molecule has 1 fully saturated rings. The van der Waals surface area contributed by atoms with Crippen LogP contribution in [0.5, 0.6) is 0 Å². The van der Waals surface area contributed by atoms with Crippen molar-refractivity contribution in [3.63, 3.8) is 0 Å². The van der Waals surface area contributed by atoms with Gasteiger partial charge in [0.25, 0.3) is 0 Å². The zero-order valence-electron chi connectivity index (χ0n) is 9.67. The van der Waals surface area contributed by atoms with Crippen LogP contribution >= 0.6 is 22.9 Å². The van der Waals surface area contributed by atoms with Crippen LogP contribution in [0, 0.1) is 0 Å². The Morgan fingerprint density at radius 2 is 2.06 bits per heavy atom. The average Bonchev–Trinajstić information content (AvgIpc) is 2.68. The molecule has 0 radical (unpaired) electrons. The summed E-state index contributed by atoms with van der Waals surface area (Å²) in [5, 5.41) is 3.17. The maximum absolute atomic E-state index is 5.81. The van der Waals surface area contributed by atoms with Crippen LogP contribution in [0.25, 0.3) is 0 Å². The molecule has 1 heterocycles. The molecule has 0 aromatic carbocycles. The summed E-state index contributed by atoms with van der Waals surface area (Å²) in [4.78, 5) is 4.60. The molecule has 1 aromatic rings. The lowest BCUT2D eigenvalue weighted by atomic mass is 9.95. The molecular weight excluding hydrogens is 242 g/mol. The minimum atomic E-state index is -0.133. The Morgan fingerprint density at radius 3 is 2.56 bits per heavy atom. The largest absolute Gasteiger partial charge is 0.371 e. The molecular formula is C12H18ClNOS. The Bertz CT molecular complexity index is 332. The molecule has 1 aliphatic carbocycles. The van der Waals surface area contributed by atoms with Gasteiger partial charge in [0.1, 0.15) is 10.6 Å². The number of rotatable bonds is 3. The second kappa shape index (κ2) is 5.48. The molecule has 1 aromatic heterocycles. The SMILES string of the molecule is COC1(c2nc(CCl)cs2)CCCCCC1. The van der Waals surface area contributed by atoms with Crippen LogP contribution in [-0.4, -0.2) is 12.1 Å². The molecule has 0 spiro atoms. The van der Waals surface area contributed by atoms with E-state index in [9.17, 15) is 0 Å². The third kappa shape index (κ3) is 2.41. The number of aromatic nitrogens is 1. The smallest absolute Gasteiger partial charge is 0.125 e. The molecule has 2 rings (SSSR count). The summed E-state index contributed by atoms with van der Waals surface area (Å²) < 4.78 is 5.81. The van der Waals surface area contributed by atoms with E-state index in [0.717, 1.165) is 23.5 Å². The van der Waals surface area contributed by atoms with Crippen LogP contribution in [0.3, 0.4) is 0 Å². The van der Waals surface area contributed by atoms with Gasteiger partial charge in [-0.3, -0.25) is 0 Å². The molecule has 0 unspecified atom stereocenters. The van der Waals surface area contributed by atoms with Crippen molar-refractivity contribution >= 4 is 22.9 Å². The molecule has 0 N–H and O–H groups in total. The van der Waals surface area contributed by atoms with Gasteiger partial charge in [-0.1, -0.05) is 25.7 Å². The Labute approximate surface area is 106 Å². The standard InChI is InChI=1S/C12H18ClNOS/c1-15-12(6-4-2-3-5-7-12)11-14-10(8-13)9-16-11/h9H,2-8H2,1H3. The lowest BCUT2D eigenvalue weighted by Gasteiger charge is -2.29. The molecule has 90 valence electrons. The molecule has 1 aliphatic rings. The van der Waals surface area contributed by atoms with Gasteiger partial charge in [-0.2, -0.15) is 0 Å². The third-order valence-electron chi connectivity index (χ3n) is 3.38. The summed E-state index contributed by atoms with van der Waals surface area (Å²) in [6.07, 6.45) is 7.31. The summed E-state index contributed by atoms with van der Waals surface area (Å²) in [7, 11) is 1.81. The maximum Gasteiger partial charge on any atom is 0.125 e. The van der Waals surface area contributed by atoms with Gasteiger partial charge in [0.15, 0.2) is 0 Å². The highest BCUT2D eigenvalue weighted by Gasteiger charge is 2.35. The van der Waals surface area contributed by atoms with Gasteiger partial charge in [-0.15, -0.1) is 22.9 Å². The van der Waals surface area contributed by atoms with E-state index in [4.69, 9.17) is 16.3 Å². The van der Waals surface area contributed by atoms with E-state index in [0.29, 0.717) is 5.88 Å². The predicted octanol–water partition coefficient (Wildman–Crippen LogP) is 4.08. The fourth-order valence-corrected chi connectivity index (χ4v) is 3.67. The monoisotopic (exact) mass is 259 g/mol. The lowest BCUT2D eigenvalue weighted by Crippen LogP contribution is -2.27. The molecule has 1 saturated carbocycles. The topological polar surface area (TPSA) is 22.1 Å². The minimum absolute atomic E-state index is 0.133. The average molecular weight is 260 g/mol. The van der Waals surface area contributed by atoms with E-state index in [1.54, 1.807) is 11.3 Å². The summed E-state index contributed by atoms with van der Waals surface area (Å²) in [5.41, 5.74) is 0.841. The first-order valence-electron chi connectivity index (χ1n) is 5.87. The number of thiazole rings is 1. The first-order chi connectivity index (χ1) is 7.80. The van der Waals surface area contributed by atoms with Crippen molar-refractivity contribution in [1.29, 1.82) is 0 Å². The summed E-state index contributed by atoms with van der Waals surface area (Å²) >= 11 is 7.50. The van der Waals surface area contributed by atoms with Crippen molar-refractivity contribution in [2.24, 2.45) is 0 Å². The zero-order chi connectivity index (χ0) is 11.4. The minimum Gasteiger partial charge on any atom is -0.371 e. The van der Waals surface area contributed by atoms with E-state index in [1.807, 2.05) is 12.5 Å². The van der Waals surface area contributed by atoms with E-state index < -0.39 is 0 Å². The highest BCUT2D eigenvalue weighted by Crippen LogP contribution is 2.40. The first kappa shape index (κ1) is 12.3. The fourth-order valence-electron chi connectivity index (χ4n) is 2.38. The Kier molecular flexibility index (Phi) is 4.22. The van der Waals surface area contributed by atoms with Crippen LogP contribution < -0.4 is 0 Å². The summed E-state index contributed by atoms with van der Waals surface area (Å²) in [6, 6.07) is 0. The number of hydrogen-bond acceptors (Lipinski definition) is 3. The molecule has 0 amide bonds. The molecule has 16 heavy (non-hydrogen) atoms. The number of alkyl halides is 1. The lowest BCUT2D eigenvalue weighted by molar-refractivity contribution is -0.0280. The van der Waals surface area contributed by atoms with Gasteiger partial charge in [0.05, 0.1) is 11.6 Å². The first-order valence-corrected chi connectivity index (χ1v) is 7.28. The quantitative estimate of drug-likeness (QED) is 0.603. The van der Waals surface area contributed by atoms with E-state index >= 15 is 0 Å². The third-order valence-corrected chi connectivity index (χ3v) is 4.73. The molecule has 4 heteroatoms. The van der Waals surface area contributed by atoms with E-state index in [1.165, 1.54) is 25.7 Å². The summed E-state index contributed by atoms with van der Waals surface area (Å²) in [5.74, 6) is 0.496. The molecule has 0 aliphatic heterocycles. The molecule has 0 bridgehead atoms. The van der Waals surface area contributed by atoms with E-state index in [-0.39, 0.29) is 5.60 Å². The van der Waals surface area contributed by atoms with Gasteiger partial charge >= 0.3 is 0 Å².